The number of halogens is 2. The van der Waals surface area contributed by atoms with E-state index in [-0.39, 0.29) is 22.8 Å². The van der Waals surface area contributed by atoms with Crippen LogP contribution in [-0.2, 0) is 20.6 Å². The van der Waals surface area contributed by atoms with Crippen molar-refractivity contribution in [2.24, 2.45) is 11.8 Å². The summed E-state index contributed by atoms with van der Waals surface area (Å²) in [5, 5.41) is 5.95. The molecule has 2 amide bonds. The molecular formula is C24H37ClFN3O3S. The van der Waals surface area contributed by atoms with Gasteiger partial charge in [0.05, 0.1) is 9.92 Å². The Kier molecular flexibility index (Phi) is 12.3. The smallest absolute Gasteiger partial charge is 0.242 e. The van der Waals surface area contributed by atoms with Gasteiger partial charge in [0, 0.05) is 19.5 Å². The first kappa shape index (κ1) is 27.7. The van der Waals surface area contributed by atoms with E-state index >= 15 is 0 Å². The standard InChI is InChI=1S/C24H37ClFN3O3S/c1-17(2)15-21(29-23(30)12-9-18-7-3-4-8-18)24(31)27-13-5-6-14-28-33(32)22-11-10-19(26)16-20(22)25/h10-11,16-18,21,28H,3-9,12-15H2,1-2H3,(H,27,31)(H,29,30). The van der Waals surface area contributed by atoms with E-state index < -0.39 is 22.8 Å². The number of amides is 2. The molecule has 1 aliphatic rings. The summed E-state index contributed by atoms with van der Waals surface area (Å²) in [4.78, 5) is 25.3. The molecule has 0 bridgehead atoms. The van der Waals surface area contributed by atoms with E-state index in [9.17, 15) is 18.2 Å². The number of carbonyl (C=O) groups excluding carboxylic acids is 2. The summed E-state index contributed by atoms with van der Waals surface area (Å²) in [6, 6.07) is 3.23. The van der Waals surface area contributed by atoms with Gasteiger partial charge in [-0.1, -0.05) is 51.1 Å². The molecule has 0 aliphatic heterocycles. The van der Waals surface area contributed by atoms with Crippen LogP contribution >= 0.6 is 11.6 Å². The van der Waals surface area contributed by atoms with Gasteiger partial charge < -0.3 is 10.6 Å². The van der Waals surface area contributed by atoms with Crippen molar-refractivity contribution in [2.45, 2.75) is 82.6 Å². The fraction of sp³-hybridized carbons (Fsp3) is 0.667. The third kappa shape index (κ3) is 10.5. The lowest BCUT2D eigenvalue weighted by atomic mass is 10.00. The summed E-state index contributed by atoms with van der Waals surface area (Å²) >= 11 is 5.93. The quantitative estimate of drug-likeness (QED) is 0.328. The topological polar surface area (TPSA) is 87.3 Å². The lowest BCUT2D eigenvalue weighted by molar-refractivity contribution is -0.129. The Morgan fingerprint density at radius 1 is 1.18 bits per heavy atom. The highest BCUT2D eigenvalue weighted by atomic mass is 35.5. The first-order chi connectivity index (χ1) is 15.8. The van der Waals surface area contributed by atoms with Crippen LogP contribution in [0.2, 0.25) is 5.02 Å². The van der Waals surface area contributed by atoms with Crippen LogP contribution in [0.4, 0.5) is 4.39 Å². The predicted octanol–water partition coefficient (Wildman–Crippen LogP) is 4.49. The third-order valence-electron chi connectivity index (χ3n) is 5.84. The Morgan fingerprint density at radius 3 is 2.55 bits per heavy atom. The van der Waals surface area contributed by atoms with Crippen LogP contribution in [0.3, 0.4) is 0 Å². The van der Waals surface area contributed by atoms with Gasteiger partial charge in [0.25, 0.3) is 0 Å². The van der Waals surface area contributed by atoms with Gasteiger partial charge in [-0.05, 0) is 55.7 Å². The van der Waals surface area contributed by atoms with Crippen LogP contribution in [-0.4, -0.2) is 35.2 Å². The molecule has 33 heavy (non-hydrogen) atoms. The van der Waals surface area contributed by atoms with E-state index in [0.717, 1.165) is 12.5 Å². The van der Waals surface area contributed by atoms with Crippen molar-refractivity contribution in [3.63, 3.8) is 0 Å². The zero-order chi connectivity index (χ0) is 24.2. The lowest BCUT2D eigenvalue weighted by Crippen LogP contribution is -2.47. The number of nitrogens with one attached hydrogen (secondary N) is 3. The highest BCUT2D eigenvalue weighted by molar-refractivity contribution is 7.83. The molecule has 1 aromatic carbocycles. The van der Waals surface area contributed by atoms with Gasteiger partial charge in [0.2, 0.25) is 11.8 Å². The van der Waals surface area contributed by atoms with Gasteiger partial charge in [-0.3, -0.25) is 9.59 Å². The van der Waals surface area contributed by atoms with Crippen molar-refractivity contribution in [2.75, 3.05) is 13.1 Å². The van der Waals surface area contributed by atoms with E-state index in [1.165, 1.54) is 37.8 Å². The number of hydrogen-bond donors (Lipinski definition) is 3. The van der Waals surface area contributed by atoms with E-state index in [1.54, 1.807) is 0 Å². The zero-order valence-corrected chi connectivity index (χ0v) is 21.2. The molecule has 0 aromatic heterocycles. The Bertz CT molecular complexity index is 803. The molecule has 186 valence electrons. The normalized spacial score (nSPS) is 16.0. The summed E-state index contributed by atoms with van der Waals surface area (Å²) in [6.07, 6.45) is 8.30. The molecule has 6 nitrogen and oxygen atoms in total. The average molecular weight is 502 g/mol. The average Bonchev–Trinajstić information content (AvgIpc) is 3.27. The summed E-state index contributed by atoms with van der Waals surface area (Å²) in [6.45, 7) is 4.99. The Morgan fingerprint density at radius 2 is 1.88 bits per heavy atom. The molecule has 1 saturated carbocycles. The second kappa shape index (κ2) is 14.7. The number of benzene rings is 1. The van der Waals surface area contributed by atoms with Crippen molar-refractivity contribution in [3.05, 3.63) is 29.0 Å². The van der Waals surface area contributed by atoms with Gasteiger partial charge in [-0.25, -0.2) is 13.3 Å². The first-order valence-corrected chi connectivity index (χ1v) is 13.5. The van der Waals surface area contributed by atoms with Gasteiger partial charge >= 0.3 is 0 Å². The maximum Gasteiger partial charge on any atom is 0.242 e. The molecule has 1 fully saturated rings. The lowest BCUT2D eigenvalue weighted by Gasteiger charge is -2.20. The van der Waals surface area contributed by atoms with Crippen LogP contribution in [0.5, 0.6) is 0 Å². The molecule has 1 aliphatic carbocycles. The minimum atomic E-state index is -1.53. The van der Waals surface area contributed by atoms with Crippen LogP contribution in [0.15, 0.2) is 23.1 Å². The summed E-state index contributed by atoms with van der Waals surface area (Å²) in [5.41, 5.74) is 0. The summed E-state index contributed by atoms with van der Waals surface area (Å²) in [5.74, 6) is 0.252. The van der Waals surface area contributed by atoms with Crippen molar-refractivity contribution in [1.29, 1.82) is 0 Å². The molecule has 0 spiro atoms. The van der Waals surface area contributed by atoms with Crippen molar-refractivity contribution < 1.29 is 18.2 Å². The molecule has 3 N–H and O–H groups in total. The summed E-state index contributed by atoms with van der Waals surface area (Å²) < 4.78 is 28.2. The molecule has 9 heteroatoms. The fourth-order valence-electron chi connectivity index (χ4n) is 4.06. The van der Waals surface area contributed by atoms with Crippen LogP contribution in [0, 0.1) is 17.7 Å². The Hall–Kier alpha value is -1.51. The van der Waals surface area contributed by atoms with Crippen molar-refractivity contribution >= 4 is 34.4 Å². The van der Waals surface area contributed by atoms with E-state index in [4.69, 9.17) is 11.6 Å². The van der Waals surface area contributed by atoms with Gasteiger partial charge in [-0.15, -0.1) is 0 Å². The largest absolute Gasteiger partial charge is 0.354 e. The van der Waals surface area contributed by atoms with Gasteiger partial charge in [0.1, 0.15) is 22.8 Å². The Labute approximate surface area is 204 Å². The SMILES string of the molecule is CC(C)CC(NC(=O)CCC1CCCC1)C(=O)NCCCCNS(=O)c1ccc(F)cc1Cl. The Balaban J connectivity index is 1.66. The van der Waals surface area contributed by atoms with Crippen molar-refractivity contribution in [3.8, 4) is 0 Å². The number of hydrogen-bond acceptors (Lipinski definition) is 3. The zero-order valence-electron chi connectivity index (χ0n) is 19.6. The van der Waals surface area contributed by atoms with E-state index in [2.05, 4.69) is 15.4 Å². The molecule has 1 aromatic rings. The van der Waals surface area contributed by atoms with Gasteiger partial charge in [-0.2, -0.15) is 0 Å². The molecule has 2 rings (SSSR count). The minimum absolute atomic E-state index is 0.0474. The van der Waals surface area contributed by atoms with Crippen molar-refractivity contribution in [1.82, 2.24) is 15.4 Å². The third-order valence-corrected chi connectivity index (χ3v) is 7.49. The molecule has 0 radical (unpaired) electrons. The minimum Gasteiger partial charge on any atom is -0.354 e. The maximum absolute atomic E-state index is 13.1. The number of carbonyl (C=O) groups is 2. The highest BCUT2D eigenvalue weighted by Crippen LogP contribution is 2.28. The van der Waals surface area contributed by atoms with E-state index in [0.29, 0.717) is 49.6 Å². The van der Waals surface area contributed by atoms with Crippen LogP contribution < -0.4 is 15.4 Å². The first-order valence-electron chi connectivity index (χ1n) is 11.9. The molecular weight excluding hydrogens is 465 g/mol. The molecule has 2 atom stereocenters. The number of unbranched alkanes of at least 4 members (excludes halogenated alkanes) is 1. The van der Waals surface area contributed by atoms with Crippen LogP contribution in [0.25, 0.3) is 0 Å². The van der Waals surface area contributed by atoms with Gasteiger partial charge in [0.15, 0.2) is 0 Å². The molecule has 0 saturated heterocycles. The number of rotatable bonds is 14. The monoisotopic (exact) mass is 501 g/mol. The second-order valence-corrected chi connectivity index (χ2v) is 10.8. The molecule has 2 unspecified atom stereocenters. The summed E-state index contributed by atoms with van der Waals surface area (Å²) in [7, 11) is -1.53. The highest BCUT2D eigenvalue weighted by Gasteiger charge is 2.23. The fourth-order valence-corrected chi connectivity index (χ4v) is 5.35. The van der Waals surface area contributed by atoms with E-state index in [1.807, 2.05) is 13.8 Å². The second-order valence-electron chi connectivity index (χ2n) is 9.17. The van der Waals surface area contributed by atoms with Crippen LogP contribution in [0.1, 0.15) is 71.6 Å². The molecule has 0 heterocycles. The maximum atomic E-state index is 13.1. The predicted molar refractivity (Wildman–Crippen MR) is 131 cm³/mol.